The molecule has 0 aromatic carbocycles. The van der Waals surface area contributed by atoms with Crippen molar-refractivity contribution in [2.24, 2.45) is 17.6 Å². The Kier molecular flexibility index (Phi) is 2.41. The molecule has 2 saturated carbocycles. The monoisotopic (exact) mass is 256 g/mol. The van der Waals surface area contributed by atoms with Crippen molar-refractivity contribution in [2.75, 3.05) is 0 Å². The fourth-order valence-electron chi connectivity index (χ4n) is 3.67. The Hall–Kier alpha value is -1.75. The largest absolute Gasteiger partial charge is 0.339 e. The molecule has 4 atom stereocenters. The molecule has 2 fully saturated rings. The number of pyridine rings is 1. The molecular weight excluding hydrogens is 240 g/mol. The summed E-state index contributed by atoms with van der Waals surface area (Å²) in [6, 6.07) is 5.85. The van der Waals surface area contributed by atoms with Gasteiger partial charge in [-0.25, -0.2) is 0 Å². The summed E-state index contributed by atoms with van der Waals surface area (Å²) >= 11 is 0. The molecule has 2 aromatic heterocycles. The zero-order valence-electron chi connectivity index (χ0n) is 10.6. The summed E-state index contributed by atoms with van der Waals surface area (Å²) in [5.74, 6) is 2.76. The second kappa shape index (κ2) is 4.13. The molecule has 19 heavy (non-hydrogen) atoms. The Morgan fingerprint density at radius 3 is 2.84 bits per heavy atom. The van der Waals surface area contributed by atoms with Gasteiger partial charge in [0.15, 0.2) is 0 Å². The highest BCUT2D eigenvalue weighted by Crippen LogP contribution is 2.51. The molecule has 0 saturated heterocycles. The second-order valence-corrected chi connectivity index (χ2v) is 5.61. The molecular formula is C14H16N4O. The van der Waals surface area contributed by atoms with Gasteiger partial charge < -0.3 is 10.3 Å². The topological polar surface area (TPSA) is 77.8 Å². The number of rotatable bonds is 2. The van der Waals surface area contributed by atoms with E-state index in [1.807, 2.05) is 18.2 Å². The number of fused-ring (bicyclic) bond motifs is 2. The Morgan fingerprint density at radius 1 is 1.21 bits per heavy atom. The molecule has 0 amide bonds. The summed E-state index contributed by atoms with van der Waals surface area (Å²) in [6.07, 6.45) is 5.44. The molecule has 0 spiro atoms. The lowest BCUT2D eigenvalue weighted by atomic mass is 9.85. The molecule has 0 radical (unpaired) electrons. The van der Waals surface area contributed by atoms with E-state index in [9.17, 15) is 0 Å². The smallest absolute Gasteiger partial charge is 0.231 e. The van der Waals surface area contributed by atoms with E-state index in [2.05, 4.69) is 15.1 Å². The van der Waals surface area contributed by atoms with Crippen LogP contribution in [0.1, 0.15) is 31.1 Å². The molecule has 0 aliphatic heterocycles. The zero-order chi connectivity index (χ0) is 12.8. The van der Waals surface area contributed by atoms with Crippen molar-refractivity contribution >= 4 is 0 Å². The summed E-state index contributed by atoms with van der Waals surface area (Å²) in [5.41, 5.74) is 7.05. The SMILES string of the molecule is NC1C2CCC(C2)C1c1nc(-c2ccccn2)no1. The minimum absolute atomic E-state index is 0.177. The van der Waals surface area contributed by atoms with Gasteiger partial charge in [-0.1, -0.05) is 11.2 Å². The van der Waals surface area contributed by atoms with Crippen LogP contribution in [-0.2, 0) is 0 Å². The third-order valence-electron chi connectivity index (χ3n) is 4.60. The lowest BCUT2D eigenvalue weighted by molar-refractivity contribution is 0.279. The quantitative estimate of drug-likeness (QED) is 0.888. The minimum Gasteiger partial charge on any atom is -0.339 e. The average Bonchev–Trinajstić information content (AvgIpc) is 3.14. The first kappa shape index (κ1) is 11.1. The first-order valence-corrected chi connectivity index (χ1v) is 6.83. The third-order valence-corrected chi connectivity index (χ3v) is 4.60. The summed E-state index contributed by atoms with van der Waals surface area (Å²) in [6.45, 7) is 0. The van der Waals surface area contributed by atoms with Crippen LogP contribution in [0.3, 0.4) is 0 Å². The van der Waals surface area contributed by atoms with Crippen LogP contribution in [0.2, 0.25) is 0 Å². The van der Waals surface area contributed by atoms with Gasteiger partial charge in [-0.2, -0.15) is 4.98 Å². The van der Waals surface area contributed by atoms with E-state index in [1.54, 1.807) is 6.20 Å². The second-order valence-electron chi connectivity index (χ2n) is 5.61. The molecule has 2 bridgehead atoms. The third kappa shape index (κ3) is 1.69. The van der Waals surface area contributed by atoms with Crippen molar-refractivity contribution in [3.8, 4) is 11.5 Å². The maximum atomic E-state index is 6.30. The molecule has 4 unspecified atom stereocenters. The van der Waals surface area contributed by atoms with Crippen molar-refractivity contribution in [3.63, 3.8) is 0 Å². The highest BCUT2D eigenvalue weighted by Gasteiger charge is 2.48. The van der Waals surface area contributed by atoms with Gasteiger partial charge in [0, 0.05) is 12.2 Å². The van der Waals surface area contributed by atoms with E-state index < -0.39 is 0 Å². The first-order chi connectivity index (χ1) is 9.33. The summed E-state index contributed by atoms with van der Waals surface area (Å²) in [4.78, 5) is 8.75. The Morgan fingerprint density at radius 2 is 2.11 bits per heavy atom. The predicted octanol–water partition coefficient (Wildman–Crippen LogP) is 1.97. The van der Waals surface area contributed by atoms with Crippen LogP contribution in [-0.4, -0.2) is 21.2 Å². The van der Waals surface area contributed by atoms with E-state index in [4.69, 9.17) is 10.3 Å². The van der Waals surface area contributed by atoms with E-state index in [-0.39, 0.29) is 12.0 Å². The van der Waals surface area contributed by atoms with Crippen LogP contribution < -0.4 is 5.73 Å². The van der Waals surface area contributed by atoms with Gasteiger partial charge in [0.2, 0.25) is 11.7 Å². The van der Waals surface area contributed by atoms with Crippen LogP contribution in [0, 0.1) is 11.8 Å². The maximum Gasteiger partial charge on any atom is 0.231 e. The van der Waals surface area contributed by atoms with Gasteiger partial charge in [-0.3, -0.25) is 4.98 Å². The molecule has 5 nitrogen and oxygen atoms in total. The Balaban J connectivity index is 1.65. The van der Waals surface area contributed by atoms with Crippen LogP contribution in [0.25, 0.3) is 11.5 Å². The molecule has 5 heteroatoms. The maximum absolute atomic E-state index is 6.30. The standard InChI is InChI=1S/C14H16N4O/c15-12-9-5-4-8(7-9)11(12)14-17-13(18-19-14)10-3-1-2-6-16-10/h1-3,6,8-9,11-12H,4-5,7,15H2. The van der Waals surface area contributed by atoms with Gasteiger partial charge in [0.25, 0.3) is 0 Å². The minimum atomic E-state index is 0.177. The molecule has 4 rings (SSSR count). The Labute approximate surface area is 111 Å². The van der Waals surface area contributed by atoms with Gasteiger partial charge >= 0.3 is 0 Å². The van der Waals surface area contributed by atoms with Crippen molar-refractivity contribution in [2.45, 2.75) is 31.2 Å². The number of hydrogen-bond donors (Lipinski definition) is 1. The fraction of sp³-hybridized carbons (Fsp3) is 0.500. The van der Waals surface area contributed by atoms with Crippen molar-refractivity contribution < 1.29 is 4.52 Å². The highest BCUT2D eigenvalue weighted by molar-refractivity contribution is 5.47. The summed E-state index contributed by atoms with van der Waals surface area (Å²) < 4.78 is 5.44. The lowest BCUT2D eigenvalue weighted by Crippen LogP contribution is -2.34. The van der Waals surface area contributed by atoms with E-state index in [0.29, 0.717) is 23.6 Å². The molecule has 2 aliphatic rings. The van der Waals surface area contributed by atoms with E-state index in [0.717, 1.165) is 5.69 Å². The number of aromatic nitrogens is 3. The number of nitrogens with zero attached hydrogens (tertiary/aromatic N) is 3. The lowest BCUT2D eigenvalue weighted by Gasteiger charge is -2.24. The highest BCUT2D eigenvalue weighted by atomic mass is 16.5. The average molecular weight is 256 g/mol. The van der Waals surface area contributed by atoms with Gasteiger partial charge in [0.05, 0.1) is 5.92 Å². The number of hydrogen-bond acceptors (Lipinski definition) is 5. The zero-order valence-corrected chi connectivity index (χ0v) is 10.6. The fourth-order valence-corrected chi connectivity index (χ4v) is 3.67. The molecule has 2 N–H and O–H groups in total. The molecule has 2 heterocycles. The van der Waals surface area contributed by atoms with Crippen LogP contribution >= 0.6 is 0 Å². The number of nitrogens with two attached hydrogens (primary N) is 1. The Bertz CT molecular complexity index is 580. The van der Waals surface area contributed by atoms with E-state index >= 15 is 0 Å². The van der Waals surface area contributed by atoms with Gasteiger partial charge in [0.1, 0.15) is 5.69 Å². The van der Waals surface area contributed by atoms with E-state index in [1.165, 1.54) is 19.3 Å². The van der Waals surface area contributed by atoms with Gasteiger partial charge in [-0.15, -0.1) is 0 Å². The van der Waals surface area contributed by atoms with Crippen molar-refractivity contribution in [3.05, 3.63) is 30.3 Å². The van der Waals surface area contributed by atoms with Crippen molar-refractivity contribution in [1.29, 1.82) is 0 Å². The first-order valence-electron chi connectivity index (χ1n) is 6.83. The predicted molar refractivity (Wildman–Crippen MR) is 69.1 cm³/mol. The molecule has 98 valence electrons. The van der Waals surface area contributed by atoms with Crippen LogP contribution in [0.4, 0.5) is 0 Å². The molecule has 2 aliphatic carbocycles. The summed E-state index contributed by atoms with van der Waals surface area (Å²) in [5, 5.41) is 4.04. The normalized spacial score (nSPS) is 32.9. The van der Waals surface area contributed by atoms with Crippen LogP contribution in [0.15, 0.2) is 28.9 Å². The summed E-state index contributed by atoms with van der Waals surface area (Å²) in [7, 11) is 0. The van der Waals surface area contributed by atoms with Crippen LogP contribution in [0.5, 0.6) is 0 Å². The molecule has 2 aromatic rings. The van der Waals surface area contributed by atoms with Gasteiger partial charge in [-0.05, 0) is 43.2 Å². The van der Waals surface area contributed by atoms with Crippen molar-refractivity contribution in [1.82, 2.24) is 15.1 Å².